The standard InChI is InChI=1S/C11H21NO2/c1-8(10(13)14)7-9(12(5)6)11(2,3)4/h9H,1,7H2,2-6H3,(H,13,14). The molecular formula is C11H21NO2. The molecule has 82 valence electrons. The zero-order valence-electron chi connectivity index (χ0n) is 9.79. The second kappa shape index (κ2) is 4.60. The van der Waals surface area contributed by atoms with E-state index in [1.54, 1.807) is 0 Å². The molecule has 0 aromatic heterocycles. The van der Waals surface area contributed by atoms with Crippen LogP contribution in [-0.2, 0) is 4.79 Å². The third kappa shape index (κ3) is 3.92. The van der Waals surface area contributed by atoms with Gasteiger partial charge in [-0.15, -0.1) is 0 Å². The molecule has 0 aromatic carbocycles. The predicted octanol–water partition coefficient (Wildman–Crippen LogP) is 1.99. The van der Waals surface area contributed by atoms with Gasteiger partial charge in [0, 0.05) is 11.6 Å². The molecule has 0 aromatic rings. The Morgan fingerprint density at radius 3 is 2.07 bits per heavy atom. The van der Waals surface area contributed by atoms with Crippen molar-refractivity contribution in [3.8, 4) is 0 Å². The molecular weight excluding hydrogens is 178 g/mol. The highest BCUT2D eigenvalue weighted by molar-refractivity contribution is 5.85. The number of nitrogens with zero attached hydrogens (tertiary/aromatic N) is 1. The second-order valence-corrected chi connectivity index (χ2v) is 4.96. The summed E-state index contributed by atoms with van der Waals surface area (Å²) in [5, 5.41) is 8.76. The van der Waals surface area contributed by atoms with E-state index in [0.29, 0.717) is 6.42 Å². The van der Waals surface area contributed by atoms with Crippen molar-refractivity contribution in [3.05, 3.63) is 12.2 Å². The lowest BCUT2D eigenvalue weighted by Gasteiger charge is -2.36. The molecule has 0 aliphatic heterocycles. The minimum atomic E-state index is -0.902. The lowest BCUT2D eigenvalue weighted by molar-refractivity contribution is -0.133. The highest BCUT2D eigenvalue weighted by Crippen LogP contribution is 2.27. The Morgan fingerprint density at radius 1 is 1.43 bits per heavy atom. The number of rotatable bonds is 4. The largest absolute Gasteiger partial charge is 0.478 e. The van der Waals surface area contributed by atoms with Gasteiger partial charge in [-0.2, -0.15) is 0 Å². The van der Waals surface area contributed by atoms with Crippen LogP contribution in [0.4, 0.5) is 0 Å². The first-order chi connectivity index (χ1) is 6.16. The maximum absolute atomic E-state index is 10.7. The Labute approximate surface area is 86.4 Å². The van der Waals surface area contributed by atoms with Crippen LogP contribution >= 0.6 is 0 Å². The molecule has 0 bridgehead atoms. The van der Waals surface area contributed by atoms with Crippen LogP contribution in [0.15, 0.2) is 12.2 Å². The van der Waals surface area contributed by atoms with Crippen molar-refractivity contribution in [1.82, 2.24) is 4.90 Å². The van der Waals surface area contributed by atoms with Gasteiger partial charge in [0.2, 0.25) is 0 Å². The average Bonchev–Trinajstić information content (AvgIpc) is 1.96. The molecule has 14 heavy (non-hydrogen) atoms. The molecule has 0 rings (SSSR count). The van der Waals surface area contributed by atoms with Gasteiger partial charge in [0.1, 0.15) is 0 Å². The Kier molecular flexibility index (Phi) is 4.33. The smallest absolute Gasteiger partial charge is 0.331 e. The highest BCUT2D eigenvalue weighted by atomic mass is 16.4. The van der Waals surface area contributed by atoms with E-state index in [9.17, 15) is 4.79 Å². The minimum Gasteiger partial charge on any atom is -0.478 e. The number of carbonyl (C=O) groups is 1. The molecule has 0 amide bonds. The summed E-state index contributed by atoms with van der Waals surface area (Å²) in [6.07, 6.45) is 0.506. The quantitative estimate of drug-likeness (QED) is 0.704. The highest BCUT2D eigenvalue weighted by Gasteiger charge is 2.28. The number of hydrogen-bond donors (Lipinski definition) is 1. The third-order valence-corrected chi connectivity index (χ3v) is 2.37. The third-order valence-electron chi connectivity index (χ3n) is 2.37. The summed E-state index contributed by atoms with van der Waals surface area (Å²) in [6, 6.07) is 0.200. The number of carboxylic acid groups (broad SMARTS) is 1. The molecule has 1 N–H and O–H groups in total. The van der Waals surface area contributed by atoms with E-state index < -0.39 is 5.97 Å². The Bertz CT molecular complexity index is 226. The second-order valence-electron chi connectivity index (χ2n) is 4.96. The van der Waals surface area contributed by atoms with Gasteiger partial charge in [-0.05, 0) is 25.9 Å². The zero-order chi connectivity index (χ0) is 11.5. The predicted molar refractivity (Wildman–Crippen MR) is 58.3 cm³/mol. The van der Waals surface area contributed by atoms with E-state index in [-0.39, 0.29) is 17.0 Å². The molecule has 0 aliphatic rings. The van der Waals surface area contributed by atoms with Gasteiger partial charge in [-0.3, -0.25) is 0 Å². The summed E-state index contributed by atoms with van der Waals surface area (Å²) in [5.74, 6) is -0.902. The van der Waals surface area contributed by atoms with E-state index in [0.717, 1.165) is 0 Å². The number of hydrogen-bond acceptors (Lipinski definition) is 2. The Hall–Kier alpha value is -0.830. The maximum atomic E-state index is 10.7. The maximum Gasteiger partial charge on any atom is 0.331 e. The summed E-state index contributed by atoms with van der Waals surface area (Å²) in [5.41, 5.74) is 0.334. The Morgan fingerprint density at radius 2 is 1.86 bits per heavy atom. The molecule has 0 heterocycles. The summed E-state index contributed by atoms with van der Waals surface area (Å²) in [4.78, 5) is 12.7. The van der Waals surface area contributed by atoms with Crippen molar-refractivity contribution < 1.29 is 9.90 Å². The Balaban J connectivity index is 4.56. The van der Waals surface area contributed by atoms with Gasteiger partial charge >= 0.3 is 5.97 Å². The molecule has 3 nitrogen and oxygen atoms in total. The first-order valence-electron chi connectivity index (χ1n) is 4.73. The molecule has 1 unspecified atom stereocenters. The van der Waals surface area contributed by atoms with Gasteiger partial charge in [0.15, 0.2) is 0 Å². The van der Waals surface area contributed by atoms with Gasteiger partial charge in [-0.1, -0.05) is 27.4 Å². The van der Waals surface area contributed by atoms with Crippen molar-refractivity contribution in [3.63, 3.8) is 0 Å². The van der Waals surface area contributed by atoms with E-state index in [1.807, 2.05) is 19.0 Å². The molecule has 1 atom stereocenters. The fraction of sp³-hybridized carbons (Fsp3) is 0.727. The van der Waals surface area contributed by atoms with Crippen LogP contribution in [0, 0.1) is 5.41 Å². The normalized spacial score (nSPS) is 14.1. The SMILES string of the molecule is C=C(CC(N(C)C)C(C)(C)C)C(=O)O. The fourth-order valence-electron chi connectivity index (χ4n) is 1.58. The molecule has 0 fully saturated rings. The first kappa shape index (κ1) is 13.2. The fourth-order valence-corrected chi connectivity index (χ4v) is 1.58. The van der Waals surface area contributed by atoms with Crippen molar-refractivity contribution in [2.24, 2.45) is 5.41 Å². The van der Waals surface area contributed by atoms with Gasteiger partial charge in [0.25, 0.3) is 0 Å². The van der Waals surface area contributed by atoms with Crippen molar-refractivity contribution >= 4 is 5.97 Å². The van der Waals surface area contributed by atoms with E-state index in [4.69, 9.17) is 5.11 Å². The van der Waals surface area contributed by atoms with Crippen LogP contribution in [-0.4, -0.2) is 36.1 Å². The average molecular weight is 199 g/mol. The topological polar surface area (TPSA) is 40.5 Å². The van der Waals surface area contributed by atoms with Crippen LogP contribution < -0.4 is 0 Å². The van der Waals surface area contributed by atoms with E-state index in [1.165, 1.54) is 0 Å². The lowest BCUT2D eigenvalue weighted by atomic mass is 9.82. The summed E-state index contributed by atoms with van der Waals surface area (Å²) in [7, 11) is 3.93. The summed E-state index contributed by atoms with van der Waals surface area (Å²) in [6.45, 7) is 9.88. The first-order valence-corrected chi connectivity index (χ1v) is 4.73. The van der Waals surface area contributed by atoms with Gasteiger partial charge < -0.3 is 10.0 Å². The number of aliphatic carboxylic acids is 1. The van der Waals surface area contributed by atoms with Crippen molar-refractivity contribution in [1.29, 1.82) is 0 Å². The molecule has 0 spiro atoms. The molecule has 0 saturated carbocycles. The minimum absolute atomic E-state index is 0.0574. The van der Waals surface area contributed by atoms with E-state index >= 15 is 0 Å². The van der Waals surface area contributed by atoms with Crippen molar-refractivity contribution in [2.75, 3.05) is 14.1 Å². The van der Waals surface area contributed by atoms with E-state index in [2.05, 4.69) is 27.4 Å². The monoisotopic (exact) mass is 199 g/mol. The van der Waals surface area contributed by atoms with Crippen LogP contribution in [0.3, 0.4) is 0 Å². The number of carboxylic acids is 1. The van der Waals surface area contributed by atoms with Crippen LogP contribution in [0.1, 0.15) is 27.2 Å². The molecule has 0 radical (unpaired) electrons. The summed E-state index contributed by atoms with van der Waals surface area (Å²) < 4.78 is 0. The van der Waals surface area contributed by atoms with Crippen LogP contribution in [0.2, 0.25) is 0 Å². The molecule has 3 heteroatoms. The van der Waals surface area contributed by atoms with Crippen LogP contribution in [0.25, 0.3) is 0 Å². The van der Waals surface area contributed by atoms with Crippen LogP contribution in [0.5, 0.6) is 0 Å². The zero-order valence-corrected chi connectivity index (χ0v) is 9.79. The van der Waals surface area contributed by atoms with Gasteiger partial charge in [-0.25, -0.2) is 4.79 Å². The molecule has 0 saturated heterocycles. The lowest BCUT2D eigenvalue weighted by Crippen LogP contribution is -2.40. The van der Waals surface area contributed by atoms with Crippen molar-refractivity contribution in [2.45, 2.75) is 33.2 Å². The molecule has 0 aliphatic carbocycles. The summed E-state index contributed by atoms with van der Waals surface area (Å²) >= 11 is 0. The van der Waals surface area contributed by atoms with Gasteiger partial charge in [0.05, 0.1) is 0 Å².